The minimum atomic E-state index is -0.401. The minimum absolute atomic E-state index is 0. The molecule has 2 aromatic rings. The molecule has 0 bridgehead atoms. The summed E-state index contributed by atoms with van der Waals surface area (Å²) in [6, 6.07) is 14.2. The van der Waals surface area contributed by atoms with Crippen LogP contribution in [0.4, 0.5) is 4.39 Å². The van der Waals surface area contributed by atoms with Crippen molar-refractivity contribution in [3.63, 3.8) is 0 Å². The summed E-state index contributed by atoms with van der Waals surface area (Å²) in [5.41, 5.74) is 8.47. The fourth-order valence-corrected chi connectivity index (χ4v) is 1.87. The summed E-state index contributed by atoms with van der Waals surface area (Å²) in [7, 11) is 0. The number of benzene rings is 2. The monoisotopic (exact) mass is 251 g/mol. The van der Waals surface area contributed by atoms with E-state index in [2.05, 4.69) is 0 Å². The van der Waals surface area contributed by atoms with Gasteiger partial charge >= 0.3 is 0 Å². The van der Waals surface area contributed by atoms with E-state index in [9.17, 15) is 4.39 Å². The van der Waals surface area contributed by atoms with Crippen molar-refractivity contribution < 1.29 is 4.39 Å². The molecule has 0 aliphatic heterocycles. The van der Waals surface area contributed by atoms with Crippen molar-refractivity contribution in [3.05, 3.63) is 71.0 Å². The molecule has 0 saturated carbocycles. The van der Waals surface area contributed by atoms with Crippen molar-refractivity contribution in [1.82, 2.24) is 0 Å². The van der Waals surface area contributed by atoms with Gasteiger partial charge in [-0.1, -0.05) is 42.5 Å². The van der Waals surface area contributed by atoms with Crippen molar-refractivity contribution in [1.29, 1.82) is 0 Å². The molecule has 17 heavy (non-hydrogen) atoms. The Kier molecular flexibility index (Phi) is 4.67. The van der Waals surface area contributed by atoms with E-state index >= 15 is 0 Å². The molecule has 2 aromatic carbocycles. The molecule has 0 fully saturated rings. The zero-order chi connectivity index (χ0) is 11.5. The number of aryl methyl sites for hydroxylation is 1. The van der Waals surface area contributed by atoms with Crippen LogP contribution >= 0.6 is 12.4 Å². The lowest BCUT2D eigenvalue weighted by Gasteiger charge is -2.15. The van der Waals surface area contributed by atoms with Crippen LogP contribution in [0.25, 0.3) is 0 Å². The zero-order valence-electron chi connectivity index (χ0n) is 9.56. The van der Waals surface area contributed by atoms with Crippen molar-refractivity contribution in [2.24, 2.45) is 5.73 Å². The quantitative estimate of drug-likeness (QED) is 0.867. The third-order valence-corrected chi connectivity index (χ3v) is 2.74. The second kappa shape index (κ2) is 5.80. The van der Waals surface area contributed by atoms with Crippen LogP contribution in [0.1, 0.15) is 22.7 Å². The van der Waals surface area contributed by atoms with Crippen LogP contribution < -0.4 is 5.73 Å². The lowest BCUT2D eigenvalue weighted by molar-refractivity contribution is 0.597. The fraction of sp³-hybridized carbons (Fsp3) is 0.143. The molecular weight excluding hydrogens is 237 g/mol. The van der Waals surface area contributed by atoms with Gasteiger partial charge in [-0.3, -0.25) is 0 Å². The highest BCUT2D eigenvalue weighted by Gasteiger charge is 2.15. The maximum absolute atomic E-state index is 13.7. The second-order valence-corrected chi connectivity index (χ2v) is 3.86. The average Bonchev–Trinajstić information content (AvgIpc) is 2.30. The SMILES string of the molecule is Cc1cccc(F)c1C(N)c1ccccc1.Cl. The van der Waals surface area contributed by atoms with E-state index in [4.69, 9.17) is 5.73 Å². The van der Waals surface area contributed by atoms with Gasteiger partial charge in [-0.15, -0.1) is 12.4 Å². The molecule has 0 radical (unpaired) electrons. The molecule has 3 heteroatoms. The van der Waals surface area contributed by atoms with Crippen molar-refractivity contribution in [2.45, 2.75) is 13.0 Å². The van der Waals surface area contributed by atoms with Crippen LogP contribution in [0.2, 0.25) is 0 Å². The smallest absolute Gasteiger partial charge is 0.128 e. The summed E-state index contributed by atoms with van der Waals surface area (Å²) in [4.78, 5) is 0. The normalized spacial score (nSPS) is 11.7. The van der Waals surface area contributed by atoms with Crippen LogP contribution in [0.15, 0.2) is 48.5 Å². The standard InChI is InChI=1S/C14H14FN.ClH/c1-10-6-5-9-12(15)13(10)14(16)11-7-3-2-4-8-11;/h2-9,14H,16H2,1H3;1H. The van der Waals surface area contributed by atoms with E-state index in [0.717, 1.165) is 11.1 Å². The van der Waals surface area contributed by atoms with E-state index in [1.165, 1.54) is 6.07 Å². The van der Waals surface area contributed by atoms with Gasteiger partial charge in [0, 0.05) is 5.56 Å². The molecule has 0 aliphatic rings. The van der Waals surface area contributed by atoms with Gasteiger partial charge in [-0.2, -0.15) is 0 Å². The van der Waals surface area contributed by atoms with Crippen LogP contribution in [0.5, 0.6) is 0 Å². The van der Waals surface area contributed by atoms with E-state index in [1.807, 2.05) is 43.3 Å². The average molecular weight is 252 g/mol. The van der Waals surface area contributed by atoms with Gasteiger partial charge in [0.05, 0.1) is 6.04 Å². The first-order chi connectivity index (χ1) is 7.70. The lowest BCUT2D eigenvalue weighted by atomic mass is 9.95. The Morgan fingerprint density at radius 3 is 2.24 bits per heavy atom. The maximum Gasteiger partial charge on any atom is 0.128 e. The van der Waals surface area contributed by atoms with Gasteiger partial charge in [0.15, 0.2) is 0 Å². The first-order valence-electron chi connectivity index (χ1n) is 5.25. The number of halogens is 2. The molecule has 1 atom stereocenters. The molecule has 0 amide bonds. The van der Waals surface area contributed by atoms with E-state index in [1.54, 1.807) is 6.07 Å². The first-order valence-corrected chi connectivity index (χ1v) is 5.25. The molecular formula is C14H15ClFN. The first kappa shape index (κ1) is 13.7. The van der Waals surface area contributed by atoms with Gasteiger partial charge < -0.3 is 5.73 Å². The number of hydrogen-bond donors (Lipinski definition) is 1. The Morgan fingerprint density at radius 1 is 1.00 bits per heavy atom. The topological polar surface area (TPSA) is 26.0 Å². The van der Waals surface area contributed by atoms with E-state index < -0.39 is 6.04 Å². The third-order valence-electron chi connectivity index (χ3n) is 2.74. The van der Waals surface area contributed by atoms with E-state index in [0.29, 0.717) is 5.56 Å². The number of hydrogen-bond acceptors (Lipinski definition) is 1. The summed E-state index contributed by atoms with van der Waals surface area (Å²) in [6.07, 6.45) is 0. The fourth-order valence-electron chi connectivity index (χ4n) is 1.87. The van der Waals surface area contributed by atoms with Crippen LogP contribution in [0.3, 0.4) is 0 Å². The van der Waals surface area contributed by atoms with Crippen molar-refractivity contribution in [2.75, 3.05) is 0 Å². The van der Waals surface area contributed by atoms with Crippen LogP contribution in [-0.4, -0.2) is 0 Å². The molecule has 2 rings (SSSR count). The van der Waals surface area contributed by atoms with Gasteiger partial charge in [-0.25, -0.2) is 4.39 Å². The highest BCUT2D eigenvalue weighted by molar-refractivity contribution is 5.85. The van der Waals surface area contributed by atoms with E-state index in [-0.39, 0.29) is 18.2 Å². The molecule has 0 saturated heterocycles. The molecule has 1 nitrogen and oxygen atoms in total. The Morgan fingerprint density at radius 2 is 1.65 bits per heavy atom. The highest BCUT2D eigenvalue weighted by Crippen LogP contribution is 2.24. The summed E-state index contributed by atoms with van der Waals surface area (Å²) in [5, 5.41) is 0. The van der Waals surface area contributed by atoms with Crippen LogP contribution in [0, 0.1) is 12.7 Å². The predicted octanol–water partition coefficient (Wildman–Crippen LogP) is 3.60. The van der Waals surface area contributed by atoms with Crippen molar-refractivity contribution >= 4 is 12.4 Å². The molecule has 0 heterocycles. The second-order valence-electron chi connectivity index (χ2n) is 3.86. The molecule has 90 valence electrons. The molecule has 0 aliphatic carbocycles. The molecule has 0 spiro atoms. The lowest BCUT2D eigenvalue weighted by Crippen LogP contribution is -2.15. The third kappa shape index (κ3) is 2.84. The number of rotatable bonds is 2. The summed E-state index contributed by atoms with van der Waals surface area (Å²) in [5.74, 6) is -0.239. The zero-order valence-corrected chi connectivity index (χ0v) is 10.4. The molecule has 1 unspecified atom stereocenters. The summed E-state index contributed by atoms with van der Waals surface area (Å²) >= 11 is 0. The van der Waals surface area contributed by atoms with Crippen molar-refractivity contribution in [3.8, 4) is 0 Å². The van der Waals surface area contributed by atoms with Crippen LogP contribution in [-0.2, 0) is 0 Å². The maximum atomic E-state index is 13.7. The van der Waals surface area contributed by atoms with Gasteiger partial charge in [0.2, 0.25) is 0 Å². The Balaban J connectivity index is 0.00000144. The molecule has 2 N–H and O–H groups in total. The number of nitrogens with two attached hydrogens (primary N) is 1. The van der Waals surface area contributed by atoms with Gasteiger partial charge in [0.25, 0.3) is 0 Å². The molecule has 0 aromatic heterocycles. The largest absolute Gasteiger partial charge is 0.320 e. The Labute approximate surface area is 107 Å². The van der Waals surface area contributed by atoms with Gasteiger partial charge in [-0.05, 0) is 24.1 Å². The highest BCUT2D eigenvalue weighted by atomic mass is 35.5. The summed E-state index contributed by atoms with van der Waals surface area (Å²) < 4.78 is 13.7. The van der Waals surface area contributed by atoms with Gasteiger partial charge in [0.1, 0.15) is 5.82 Å². The Hall–Kier alpha value is -1.38. The summed E-state index contributed by atoms with van der Waals surface area (Å²) in [6.45, 7) is 1.88. The Bertz CT molecular complexity index is 465. The predicted molar refractivity (Wildman–Crippen MR) is 70.9 cm³/mol. The minimum Gasteiger partial charge on any atom is -0.320 e.